The minimum atomic E-state index is -0.980. The molecule has 0 aromatic carbocycles. The van der Waals surface area contributed by atoms with E-state index in [0.717, 1.165) is 23.5 Å². The molecule has 0 spiro atoms. The van der Waals surface area contributed by atoms with Crippen LogP contribution in [0, 0.1) is 19.8 Å². The normalized spacial score (nSPS) is 13.1. The maximum Gasteiger partial charge on any atom is 0.306 e. The quantitative estimate of drug-likeness (QED) is 0.828. The first kappa shape index (κ1) is 13.8. The summed E-state index contributed by atoms with van der Waals surface area (Å²) in [4.78, 5) is 10.6. The van der Waals surface area contributed by atoms with E-state index in [1.54, 1.807) is 0 Å². The number of aliphatic hydroxyl groups excluding tert-OH is 1. The number of rotatable bonds is 5. The van der Waals surface area contributed by atoms with Crippen LogP contribution in [0.25, 0.3) is 0 Å². The molecule has 0 saturated heterocycles. The minimum absolute atomic E-state index is 0.244. The molecule has 4 heteroatoms. The zero-order chi connectivity index (χ0) is 13.2. The molecule has 4 nitrogen and oxygen atoms in total. The third-order valence-electron chi connectivity index (χ3n) is 2.89. The summed E-state index contributed by atoms with van der Waals surface area (Å²) in [5.41, 5.74) is 2.76. The fraction of sp³-hybridized carbons (Fsp3) is 0.615. The van der Waals surface area contributed by atoms with Crippen LogP contribution in [-0.4, -0.2) is 20.7 Å². The van der Waals surface area contributed by atoms with Crippen LogP contribution >= 0.6 is 0 Å². The number of carbonyl (C=O) groups is 1. The van der Waals surface area contributed by atoms with Gasteiger partial charge in [-0.1, -0.05) is 13.8 Å². The highest BCUT2D eigenvalue weighted by Gasteiger charge is 2.18. The van der Waals surface area contributed by atoms with E-state index in [4.69, 9.17) is 5.11 Å². The zero-order valence-corrected chi connectivity index (χ0v) is 10.9. The van der Waals surface area contributed by atoms with E-state index in [1.165, 1.54) is 0 Å². The van der Waals surface area contributed by atoms with Crippen molar-refractivity contribution in [2.24, 2.45) is 5.92 Å². The lowest BCUT2D eigenvalue weighted by atomic mass is 10.1. The average Bonchev–Trinajstić information content (AvgIpc) is 2.44. The van der Waals surface area contributed by atoms with Gasteiger partial charge in [0.1, 0.15) is 0 Å². The standard InChI is InChI=1S/C13H21NO3/c1-8(2)7-14-9(3)5-11(10(14)4)12(15)6-13(16)17/h5,8,12,15H,6-7H2,1-4H3,(H,16,17). The highest BCUT2D eigenvalue weighted by Crippen LogP contribution is 2.25. The average molecular weight is 239 g/mol. The van der Waals surface area contributed by atoms with Crippen molar-refractivity contribution in [3.8, 4) is 0 Å². The third-order valence-corrected chi connectivity index (χ3v) is 2.89. The molecule has 1 atom stereocenters. The summed E-state index contributed by atoms with van der Waals surface area (Å²) < 4.78 is 2.13. The number of aliphatic hydroxyl groups is 1. The van der Waals surface area contributed by atoms with Gasteiger partial charge in [-0.3, -0.25) is 4.79 Å². The molecule has 0 radical (unpaired) electrons. The van der Waals surface area contributed by atoms with Crippen molar-refractivity contribution in [3.05, 3.63) is 23.0 Å². The minimum Gasteiger partial charge on any atom is -0.481 e. The zero-order valence-electron chi connectivity index (χ0n) is 10.9. The third kappa shape index (κ3) is 3.33. The predicted molar refractivity (Wildman–Crippen MR) is 66.0 cm³/mol. The van der Waals surface area contributed by atoms with Gasteiger partial charge in [-0.15, -0.1) is 0 Å². The molecule has 0 aliphatic rings. The first-order valence-electron chi connectivity index (χ1n) is 5.89. The molecule has 0 aliphatic heterocycles. The summed E-state index contributed by atoms with van der Waals surface area (Å²) in [5, 5.41) is 18.5. The molecule has 1 unspecified atom stereocenters. The van der Waals surface area contributed by atoms with Gasteiger partial charge in [-0.25, -0.2) is 0 Å². The molecule has 0 amide bonds. The fourth-order valence-electron chi connectivity index (χ4n) is 2.09. The SMILES string of the molecule is Cc1cc(C(O)CC(=O)O)c(C)n1CC(C)C. The molecule has 2 N–H and O–H groups in total. The van der Waals surface area contributed by atoms with E-state index in [-0.39, 0.29) is 6.42 Å². The Morgan fingerprint density at radius 1 is 1.41 bits per heavy atom. The van der Waals surface area contributed by atoms with Gasteiger partial charge in [0.25, 0.3) is 0 Å². The van der Waals surface area contributed by atoms with E-state index < -0.39 is 12.1 Å². The van der Waals surface area contributed by atoms with E-state index in [0.29, 0.717) is 5.92 Å². The molecule has 1 heterocycles. The Labute approximate surface area is 102 Å². The summed E-state index contributed by atoms with van der Waals surface area (Å²) in [7, 11) is 0. The molecule has 0 aliphatic carbocycles. The number of hydrogen-bond donors (Lipinski definition) is 2. The smallest absolute Gasteiger partial charge is 0.306 e. The summed E-state index contributed by atoms with van der Waals surface area (Å²) in [5.74, 6) is -0.463. The number of aromatic nitrogens is 1. The maximum absolute atomic E-state index is 10.6. The van der Waals surface area contributed by atoms with Crippen LogP contribution in [0.5, 0.6) is 0 Å². The lowest BCUT2D eigenvalue weighted by molar-refractivity contribution is -0.139. The monoisotopic (exact) mass is 239 g/mol. The molecule has 0 saturated carbocycles. The van der Waals surface area contributed by atoms with Gasteiger partial charge in [-0.2, -0.15) is 0 Å². The van der Waals surface area contributed by atoms with Crippen LogP contribution in [0.15, 0.2) is 6.07 Å². The fourth-order valence-corrected chi connectivity index (χ4v) is 2.09. The largest absolute Gasteiger partial charge is 0.481 e. The van der Waals surface area contributed by atoms with Crippen LogP contribution < -0.4 is 0 Å². The van der Waals surface area contributed by atoms with Crippen LogP contribution in [0.1, 0.15) is 43.3 Å². The number of carboxylic acids is 1. The predicted octanol–water partition coefficient (Wildman–Crippen LogP) is 2.27. The molecule has 0 fully saturated rings. The number of carboxylic acid groups (broad SMARTS) is 1. The van der Waals surface area contributed by atoms with Crippen molar-refractivity contribution >= 4 is 5.97 Å². The second-order valence-corrected chi connectivity index (χ2v) is 4.94. The molecular weight excluding hydrogens is 218 g/mol. The summed E-state index contributed by atoms with van der Waals surface area (Å²) >= 11 is 0. The topological polar surface area (TPSA) is 62.5 Å². The Bertz CT molecular complexity index is 407. The number of nitrogens with zero attached hydrogens (tertiary/aromatic N) is 1. The van der Waals surface area contributed by atoms with Gasteiger partial charge in [-0.05, 0) is 25.8 Å². The van der Waals surface area contributed by atoms with Gasteiger partial charge >= 0.3 is 5.97 Å². The molecule has 1 rings (SSSR count). The van der Waals surface area contributed by atoms with Crippen molar-refractivity contribution in [2.45, 2.75) is 46.8 Å². The second kappa shape index (κ2) is 5.36. The Kier molecular flexibility index (Phi) is 4.34. The first-order chi connectivity index (χ1) is 7.82. The van der Waals surface area contributed by atoms with E-state index in [1.807, 2.05) is 19.9 Å². The molecular formula is C13H21NO3. The van der Waals surface area contributed by atoms with Crippen molar-refractivity contribution in [1.29, 1.82) is 0 Å². The van der Waals surface area contributed by atoms with Gasteiger partial charge < -0.3 is 14.8 Å². The maximum atomic E-state index is 10.6. The number of hydrogen-bond acceptors (Lipinski definition) is 2. The number of aliphatic carboxylic acids is 1. The molecule has 1 aromatic rings. The highest BCUT2D eigenvalue weighted by atomic mass is 16.4. The van der Waals surface area contributed by atoms with Crippen LogP contribution in [0.3, 0.4) is 0 Å². The van der Waals surface area contributed by atoms with E-state index in [2.05, 4.69) is 18.4 Å². The Morgan fingerprint density at radius 2 is 2.00 bits per heavy atom. The van der Waals surface area contributed by atoms with Crippen molar-refractivity contribution in [3.63, 3.8) is 0 Å². The van der Waals surface area contributed by atoms with Gasteiger partial charge in [0.2, 0.25) is 0 Å². The van der Waals surface area contributed by atoms with Crippen molar-refractivity contribution < 1.29 is 15.0 Å². The van der Waals surface area contributed by atoms with Crippen LogP contribution in [0.4, 0.5) is 0 Å². The van der Waals surface area contributed by atoms with Gasteiger partial charge in [0.15, 0.2) is 0 Å². The second-order valence-electron chi connectivity index (χ2n) is 4.94. The molecule has 1 aromatic heterocycles. The Balaban J connectivity index is 2.99. The van der Waals surface area contributed by atoms with Crippen molar-refractivity contribution in [1.82, 2.24) is 4.57 Å². The van der Waals surface area contributed by atoms with Crippen LogP contribution in [-0.2, 0) is 11.3 Å². The van der Waals surface area contributed by atoms with E-state index >= 15 is 0 Å². The molecule has 96 valence electrons. The first-order valence-corrected chi connectivity index (χ1v) is 5.89. The lowest BCUT2D eigenvalue weighted by Gasteiger charge is -2.13. The molecule has 17 heavy (non-hydrogen) atoms. The van der Waals surface area contributed by atoms with Gasteiger partial charge in [0.05, 0.1) is 12.5 Å². The summed E-state index contributed by atoms with van der Waals surface area (Å²) in [6.45, 7) is 9.05. The van der Waals surface area contributed by atoms with Crippen LogP contribution in [0.2, 0.25) is 0 Å². The van der Waals surface area contributed by atoms with Crippen molar-refractivity contribution in [2.75, 3.05) is 0 Å². The lowest BCUT2D eigenvalue weighted by Crippen LogP contribution is -2.10. The highest BCUT2D eigenvalue weighted by molar-refractivity contribution is 5.67. The Morgan fingerprint density at radius 3 is 2.47 bits per heavy atom. The number of aryl methyl sites for hydroxylation is 1. The molecule has 0 bridgehead atoms. The van der Waals surface area contributed by atoms with E-state index in [9.17, 15) is 9.90 Å². The summed E-state index contributed by atoms with van der Waals surface area (Å²) in [6.07, 6.45) is -1.16. The Hall–Kier alpha value is -1.29. The summed E-state index contributed by atoms with van der Waals surface area (Å²) in [6, 6.07) is 1.88. The van der Waals surface area contributed by atoms with Gasteiger partial charge in [0, 0.05) is 23.5 Å².